The Labute approximate surface area is 131 Å². The molecule has 0 aliphatic heterocycles. The monoisotopic (exact) mass is 310 g/mol. The van der Waals surface area contributed by atoms with Gasteiger partial charge in [0.05, 0.1) is 16.8 Å². The molecule has 2 rings (SSSR count). The number of amides is 1. The number of nitrogen functional groups attached to an aromatic ring is 1. The maximum atomic E-state index is 11.9. The average Bonchev–Trinajstić information content (AvgIpc) is 2.41. The number of carbonyl (C=O) groups is 1. The van der Waals surface area contributed by atoms with Gasteiger partial charge in [-0.2, -0.15) is 0 Å². The summed E-state index contributed by atoms with van der Waals surface area (Å²) in [6.07, 6.45) is 4.50. The van der Waals surface area contributed by atoms with Gasteiger partial charge in [0.1, 0.15) is 6.61 Å². The molecular weight excluding hydrogens is 288 g/mol. The summed E-state index contributed by atoms with van der Waals surface area (Å²) in [6, 6.07) is 5.01. The first kappa shape index (κ1) is 16.1. The molecule has 1 saturated carbocycles. The van der Waals surface area contributed by atoms with Crippen LogP contribution >= 0.6 is 11.6 Å². The summed E-state index contributed by atoms with van der Waals surface area (Å²) in [5.41, 5.74) is 7.15. The zero-order chi connectivity index (χ0) is 15.5. The molecule has 0 aromatic heterocycles. The lowest BCUT2D eigenvalue weighted by Crippen LogP contribution is -2.29. The third-order valence-corrected chi connectivity index (χ3v) is 4.32. The molecule has 0 atom stereocenters. The van der Waals surface area contributed by atoms with E-state index in [2.05, 4.69) is 19.2 Å². The number of rotatable bonds is 4. The second-order valence-electron chi connectivity index (χ2n) is 6.46. The van der Waals surface area contributed by atoms with Crippen molar-refractivity contribution in [1.82, 2.24) is 0 Å². The Morgan fingerprint density at radius 2 is 2.10 bits per heavy atom. The molecule has 0 spiro atoms. The maximum Gasteiger partial charge on any atom is 0.250 e. The quantitative estimate of drug-likeness (QED) is 0.830. The van der Waals surface area contributed by atoms with E-state index in [1.54, 1.807) is 18.2 Å². The molecule has 21 heavy (non-hydrogen) atoms. The topological polar surface area (TPSA) is 64.3 Å². The first-order chi connectivity index (χ1) is 9.85. The van der Waals surface area contributed by atoms with Crippen LogP contribution in [0.25, 0.3) is 0 Å². The van der Waals surface area contributed by atoms with Gasteiger partial charge in [-0.05, 0) is 49.3 Å². The fraction of sp³-hybridized carbons (Fsp3) is 0.562. The van der Waals surface area contributed by atoms with Crippen molar-refractivity contribution in [3.63, 3.8) is 0 Å². The van der Waals surface area contributed by atoms with Gasteiger partial charge in [-0.1, -0.05) is 25.4 Å². The van der Waals surface area contributed by atoms with Crippen molar-refractivity contribution in [3.8, 4) is 0 Å². The second kappa shape index (κ2) is 6.67. The molecule has 1 fully saturated rings. The molecule has 4 nitrogen and oxygen atoms in total. The van der Waals surface area contributed by atoms with Crippen LogP contribution in [0.2, 0.25) is 5.02 Å². The Kier molecular flexibility index (Phi) is 5.12. The predicted molar refractivity (Wildman–Crippen MR) is 86.5 cm³/mol. The number of hydrogen-bond donors (Lipinski definition) is 2. The molecule has 116 valence electrons. The standard InChI is InChI=1S/C16H23ClN2O2/c1-16(2)7-5-12(6-8-16)21-10-15(20)19-14-4-3-11(18)9-13(14)17/h3-4,9,12H,5-8,10,18H2,1-2H3,(H,19,20). The fourth-order valence-corrected chi connectivity index (χ4v) is 2.79. The van der Waals surface area contributed by atoms with Crippen LogP contribution in [-0.2, 0) is 9.53 Å². The van der Waals surface area contributed by atoms with E-state index in [9.17, 15) is 4.79 Å². The average molecular weight is 311 g/mol. The van der Waals surface area contributed by atoms with Crippen LogP contribution in [0.3, 0.4) is 0 Å². The molecule has 1 aliphatic carbocycles. The first-order valence-electron chi connectivity index (χ1n) is 7.32. The third-order valence-electron chi connectivity index (χ3n) is 4.00. The number of carbonyl (C=O) groups excluding carboxylic acids is 1. The Balaban J connectivity index is 1.78. The highest BCUT2D eigenvalue weighted by Gasteiger charge is 2.27. The minimum Gasteiger partial charge on any atom is -0.399 e. The summed E-state index contributed by atoms with van der Waals surface area (Å²) in [5, 5.41) is 3.17. The van der Waals surface area contributed by atoms with Crippen LogP contribution in [0.4, 0.5) is 11.4 Å². The molecule has 0 heterocycles. The number of nitrogens with one attached hydrogen (secondary N) is 1. The zero-order valence-electron chi connectivity index (χ0n) is 12.6. The molecule has 0 bridgehead atoms. The van der Waals surface area contributed by atoms with Crippen LogP contribution < -0.4 is 11.1 Å². The van der Waals surface area contributed by atoms with Gasteiger partial charge in [0.15, 0.2) is 0 Å². The summed E-state index contributed by atoms with van der Waals surface area (Å²) in [6.45, 7) is 4.61. The van der Waals surface area contributed by atoms with Crippen LogP contribution in [0.5, 0.6) is 0 Å². The summed E-state index contributed by atoms with van der Waals surface area (Å²) in [4.78, 5) is 11.9. The van der Waals surface area contributed by atoms with Crippen molar-refractivity contribution in [2.24, 2.45) is 5.41 Å². The summed E-state index contributed by atoms with van der Waals surface area (Å²) < 4.78 is 5.69. The van der Waals surface area contributed by atoms with Gasteiger partial charge in [0.25, 0.3) is 0 Å². The van der Waals surface area contributed by atoms with Crippen molar-refractivity contribution in [1.29, 1.82) is 0 Å². The van der Waals surface area contributed by atoms with Crippen LogP contribution in [0, 0.1) is 5.41 Å². The van der Waals surface area contributed by atoms with E-state index < -0.39 is 0 Å². The highest BCUT2D eigenvalue weighted by atomic mass is 35.5. The van der Waals surface area contributed by atoms with Gasteiger partial charge in [-0.25, -0.2) is 0 Å². The number of benzene rings is 1. The molecule has 1 amide bonds. The van der Waals surface area contributed by atoms with Crippen LogP contribution in [0.1, 0.15) is 39.5 Å². The second-order valence-corrected chi connectivity index (χ2v) is 6.87. The van der Waals surface area contributed by atoms with Crippen molar-refractivity contribution in [3.05, 3.63) is 23.2 Å². The zero-order valence-corrected chi connectivity index (χ0v) is 13.4. The SMILES string of the molecule is CC1(C)CCC(OCC(=O)Nc2ccc(N)cc2Cl)CC1. The molecule has 0 unspecified atom stereocenters. The maximum absolute atomic E-state index is 11.9. The molecular formula is C16H23ClN2O2. The molecule has 1 aromatic rings. The highest BCUT2D eigenvalue weighted by molar-refractivity contribution is 6.34. The van der Waals surface area contributed by atoms with E-state index >= 15 is 0 Å². The van der Waals surface area contributed by atoms with E-state index in [1.165, 1.54) is 0 Å². The highest BCUT2D eigenvalue weighted by Crippen LogP contribution is 2.36. The smallest absolute Gasteiger partial charge is 0.250 e. The van der Waals surface area contributed by atoms with Gasteiger partial charge >= 0.3 is 0 Å². The van der Waals surface area contributed by atoms with E-state index in [-0.39, 0.29) is 18.6 Å². The van der Waals surface area contributed by atoms with Gasteiger partial charge in [0, 0.05) is 5.69 Å². The molecule has 0 radical (unpaired) electrons. The van der Waals surface area contributed by atoms with E-state index in [4.69, 9.17) is 22.1 Å². The van der Waals surface area contributed by atoms with Gasteiger partial charge < -0.3 is 15.8 Å². The Bertz CT molecular complexity index is 507. The Hall–Kier alpha value is -1.26. The fourth-order valence-electron chi connectivity index (χ4n) is 2.55. The molecule has 5 heteroatoms. The molecule has 1 aromatic carbocycles. The van der Waals surface area contributed by atoms with E-state index in [1.807, 2.05) is 0 Å². The Morgan fingerprint density at radius 1 is 1.43 bits per heavy atom. The molecule has 3 N–H and O–H groups in total. The van der Waals surface area contributed by atoms with Gasteiger partial charge in [-0.15, -0.1) is 0 Å². The molecule has 1 aliphatic rings. The number of hydrogen-bond acceptors (Lipinski definition) is 3. The van der Waals surface area contributed by atoms with Crippen molar-refractivity contribution < 1.29 is 9.53 Å². The number of ether oxygens (including phenoxy) is 1. The Morgan fingerprint density at radius 3 is 2.71 bits per heavy atom. The predicted octanol–water partition coefficient (Wildman–Crippen LogP) is 3.85. The lowest BCUT2D eigenvalue weighted by atomic mass is 9.76. The van der Waals surface area contributed by atoms with Gasteiger partial charge in [0.2, 0.25) is 5.91 Å². The van der Waals surface area contributed by atoms with Crippen molar-refractivity contribution >= 4 is 28.9 Å². The van der Waals surface area contributed by atoms with E-state index in [0.717, 1.165) is 25.7 Å². The summed E-state index contributed by atoms with van der Waals surface area (Å²) in [5.74, 6) is -0.188. The lowest BCUT2D eigenvalue weighted by Gasteiger charge is -2.34. The molecule has 0 saturated heterocycles. The van der Waals surface area contributed by atoms with Crippen LogP contribution in [0.15, 0.2) is 18.2 Å². The number of nitrogens with two attached hydrogens (primary N) is 1. The largest absolute Gasteiger partial charge is 0.399 e. The first-order valence-corrected chi connectivity index (χ1v) is 7.70. The summed E-state index contributed by atoms with van der Waals surface area (Å²) in [7, 11) is 0. The number of anilines is 2. The normalized spacial score (nSPS) is 18.4. The number of halogens is 1. The minimum absolute atomic E-state index is 0.0613. The summed E-state index contributed by atoms with van der Waals surface area (Å²) >= 11 is 6.02. The van der Waals surface area contributed by atoms with Crippen molar-refractivity contribution in [2.45, 2.75) is 45.6 Å². The van der Waals surface area contributed by atoms with E-state index in [0.29, 0.717) is 21.8 Å². The van der Waals surface area contributed by atoms with Crippen molar-refractivity contribution in [2.75, 3.05) is 17.7 Å². The van der Waals surface area contributed by atoms with Gasteiger partial charge in [-0.3, -0.25) is 4.79 Å². The third kappa shape index (κ3) is 4.90. The minimum atomic E-state index is -0.188. The lowest BCUT2D eigenvalue weighted by molar-refractivity contribution is -0.123. The van der Waals surface area contributed by atoms with Crippen LogP contribution in [-0.4, -0.2) is 18.6 Å².